The summed E-state index contributed by atoms with van der Waals surface area (Å²) in [7, 11) is 1.68. The molecule has 2 N–H and O–H groups in total. The second-order valence-corrected chi connectivity index (χ2v) is 10.9. The molecule has 0 radical (unpaired) electrons. The molecule has 40 heavy (non-hydrogen) atoms. The summed E-state index contributed by atoms with van der Waals surface area (Å²) in [5.74, 6) is 0.702. The first-order chi connectivity index (χ1) is 19.2. The molecule has 0 saturated carbocycles. The highest BCUT2D eigenvalue weighted by Crippen LogP contribution is 2.44. The van der Waals surface area contributed by atoms with Crippen molar-refractivity contribution in [1.29, 1.82) is 0 Å². The standard InChI is InChI=1S/C32H35N5O2S/c1-19(2)31(38)34-27-14-13-24(16-20(27)3)37-30(29(35-32(37)40)28-12-7-8-15-33-28)26-17-21(4)36(22(26)5)23-10-9-11-25(18-23)39-6/h7-19,29-30H,1-6H3,(H,34,38)(H,35,40)/t29-,30-/m1/s1. The minimum atomic E-state index is -0.159. The molecule has 0 spiro atoms. The van der Waals surface area contributed by atoms with Crippen LogP contribution in [-0.2, 0) is 4.79 Å². The smallest absolute Gasteiger partial charge is 0.226 e. The summed E-state index contributed by atoms with van der Waals surface area (Å²) in [5, 5.41) is 7.22. The molecule has 2 atom stereocenters. The summed E-state index contributed by atoms with van der Waals surface area (Å²) in [6, 6.07) is 22.0. The molecule has 2 aromatic carbocycles. The first kappa shape index (κ1) is 27.4. The third kappa shape index (κ3) is 5.07. The number of hydrogen-bond acceptors (Lipinski definition) is 4. The largest absolute Gasteiger partial charge is 0.497 e. The zero-order chi connectivity index (χ0) is 28.6. The summed E-state index contributed by atoms with van der Waals surface area (Å²) in [4.78, 5) is 19.2. The van der Waals surface area contributed by atoms with E-state index in [0.29, 0.717) is 5.11 Å². The second kappa shape index (κ2) is 11.1. The molecule has 1 aliphatic heterocycles. The molecule has 0 aliphatic carbocycles. The lowest BCUT2D eigenvalue weighted by molar-refractivity contribution is -0.118. The van der Waals surface area contributed by atoms with E-state index >= 15 is 0 Å². The number of nitrogens with zero attached hydrogens (tertiary/aromatic N) is 3. The predicted octanol–water partition coefficient (Wildman–Crippen LogP) is 6.58. The Bertz CT molecular complexity index is 1560. The molecule has 5 rings (SSSR count). The van der Waals surface area contributed by atoms with Crippen LogP contribution in [0.4, 0.5) is 11.4 Å². The van der Waals surface area contributed by atoms with Crippen LogP contribution in [0.15, 0.2) is 72.9 Å². The van der Waals surface area contributed by atoms with Crippen LogP contribution in [0, 0.1) is 26.7 Å². The van der Waals surface area contributed by atoms with Gasteiger partial charge in [-0.1, -0.05) is 26.0 Å². The van der Waals surface area contributed by atoms with E-state index in [1.807, 2.05) is 75.5 Å². The highest BCUT2D eigenvalue weighted by atomic mass is 32.1. The van der Waals surface area contributed by atoms with Crippen LogP contribution >= 0.6 is 12.2 Å². The van der Waals surface area contributed by atoms with Crippen molar-refractivity contribution in [3.63, 3.8) is 0 Å². The van der Waals surface area contributed by atoms with Crippen LogP contribution in [0.25, 0.3) is 5.69 Å². The average Bonchev–Trinajstić information content (AvgIpc) is 3.44. The summed E-state index contributed by atoms with van der Waals surface area (Å²) in [6.07, 6.45) is 1.82. The maximum absolute atomic E-state index is 12.4. The van der Waals surface area contributed by atoms with Gasteiger partial charge in [-0.2, -0.15) is 0 Å². The number of carbonyl (C=O) groups is 1. The Balaban J connectivity index is 1.62. The molecule has 3 heterocycles. The molecule has 1 aliphatic rings. The molecule has 0 unspecified atom stereocenters. The Kier molecular flexibility index (Phi) is 7.63. The lowest BCUT2D eigenvalue weighted by Gasteiger charge is -2.29. The Morgan fingerprint density at radius 3 is 2.50 bits per heavy atom. The lowest BCUT2D eigenvalue weighted by Crippen LogP contribution is -2.29. The van der Waals surface area contributed by atoms with Crippen molar-refractivity contribution in [3.8, 4) is 11.4 Å². The van der Waals surface area contributed by atoms with Crippen molar-refractivity contribution in [2.24, 2.45) is 5.92 Å². The van der Waals surface area contributed by atoms with Gasteiger partial charge in [0, 0.05) is 46.6 Å². The number of pyridine rings is 1. The SMILES string of the molecule is COc1cccc(-n2c(C)cc([C@@H]3[C@@H](c4ccccn4)NC(=S)N3c3ccc(NC(=O)C(C)C)c(C)c3)c2C)c1. The van der Waals surface area contributed by atoms with Crippen molar-refractivity contribution < 1.29 is 9.53 Å². The third-order valence-electron chi connectivity index (χ3n) is 7.47. The number of nitrogens with one attached hydrogen (secondary N) is 2. The highest BCUT2D eigenvalue weighted by molar-refractivity contribution is 7.80. The fraction of sp³-hybridized carbons (Fsp3) is 0.281. The van der Waals surface area contributed by atoms with Crippen LogP contribution in [0.5, 0.6) is 5.75 Å². The number of carbonyl (C=O) groups excluding carboxylic acids is 1. The van der Waals surface area contributed by atoms with E-state index < -0.39 is 0 Å². The Labute approximate surface area is 241 Å². The summed E-state index contributed by atoms with van der Waals surface area (Å²) < 4.78 is 7.75. The molecule has 7 nitrogen and oxygen atoms in total. The van der Waals surface area contributed by atoms with Crippen LogP contribution in [-0.4, -0.2) is 27.7 Å². The van der Waals surface area contributed by atoms with E-state index in [-0.39, 0.29) is 23.9 Å². The number of aryl methyl sites for hydroxylation is 2. The Morgan fingerprint density at radius 1 is 1.02 bits per heavy atom. The van der Waals surface area contributed by atoms with Gasteiger partial charge >= 0.3 is 0 Å². The van der Waals surface area contributed by atoms with Gasteiger partial charge in [-0.3, -0.25) is 9.78 Å². The minimum absolute atomic E-state index is 0.00714. The first-order valence-corrected chi connectivity index (χ1v) is 13.9. The number of rotatable bonds is 7. The van der Waals surface area contributed by atoms with Gasteiger partial charge in [-0.15, -0.1) is 0 Å². The van der Waals surface area contributed by atoms with E-state index in [0.717, 1.165) is 51.0 Å². The van der Waals surface area contributed by atoms with Crippen molar-refractivity contribution in [3.05, 3.63) is 101 Å². The van der Waals surface area contributed by atoms with E-state index in [1.54, 1.807) is 7.11 Å². The summed E-state index contributed by atoms with van der Waals surface area (Å²) in [6.45, 7) is 10.0. The molecule has 0 bridgehead atoms. The van der Waals surface area contributed by atoms with E-state index in [4.69, 9.17) is 21.9 Å². The van der Waals surface area contributed by atoms with Crippen molar-refractivity contribution >= 4 is 34.6 Å². The molecule has 206 valence electrons. The molecular weight excluding hydrogens is 518 g/mol. The molecule has 1 fully saturated rings. The van der Waals surface area contributed by atoms with Gasteiger partial charge in [0.25, 0.3) is 0 Å². The van der Waals surface area contributed by atoms with Crippen LogP contribution in [0.3, 0.4) is 0 Å². The zero-order valence-electron chi connectivity index (χ0n) is 23.7. The summed E-state index contributed by atoms with van der Waals surface area (Å²) in [5.41, 5.74) is 8.06. The monoisotopic (exact) mass is 553 g/mol. The molecule has 4 aromatic rings. The topological polar surface area (TPSA) is 71.4 Å². The highest BCUT2D eigenvalue weighted by Gasteiger charge is 2.42. The number of ether oxygens (including phenoxy) is 1. The first-order valence-electron chi connectivity index (χ1n) is 13.4. The number of hydrogen-bond donors (Lipinski definition) is 2. The van der Waals surface area contributed by atoms with E-state index in [1.165, 1.54) is 0 Å². The number of amides is 1. The van der Waals surface area contributed by atoms with Gasteiger partial charge in [-0.05, 0) is 92.6 Å². The van der Waals surface area contributed by atoms with E-state index in [2.05, 4.69) is 52.1 Å². The lowest BCUT2D eigenvalue weighted by atomic mass is 9.96. The van der Waals surface area contributed by atoms with Crippen LogP contribution in [0.1, 0.15) is 54.1 Å². The number of anilines is 2. The van der Waals surface area contributed by atoms with Crippen molar-refractivity contribution in [1.82, 2.24) is 14.9 Å². The van der Waals surface area contributed by atoms with Crippen LogP contribution in [0.2, 0.25) is 0 Å². The fourth-order valence-corrected chi connectivity index (χ4v) is 5.74. The zero-order valence-corrected chi connectivity index (χ0v) is 24.5. The number of thiocarbonyl (C=S) groups is 1. The normalized spacial score (nSPS) is 16.8. The van der Waals surface area contributed by atoms with E-state index in [9.17, 15) is 4.79 Å². The molecule has 1 amide bonds. The van der Waals surface area contributed by atoms with Crippen molar-refractivity contribution in [2.45, 2.75) is 46.7 Å². The molecule has 2 aromatic heterocycles. The second-order valence-electron chi connectivity index (χ2n) is 10.5. The maximum atomic E-state index is 12.4. The molecular formula is C32H35N5O2S. The maximum Gasteiger partial charge on any atom is 0.226 e. The Hall–Kier alpha value is -4.17. The average molecular weight is 554 g/mol. The number of benzene rings is 2. The third-order valence-corrected chi connectivity index (χ3v) is 7.78. The fourth-order valence-electron chi connectivity index (χ4n) is 5.40. The number of methoxy groups -OCH3 is 1. The molecule has 8 heteroatoms. The molecule has 1 saturated heterocycles. The van der Waals surface area contributed by atoms with Gasteiger partial charge < -0.3 is 24.8 Å². The number of aromatic nitrogens is 2. The minimum Gasteiger partial charge on any atom is -0.497 e. The van der Waals surface area contributed by atoms with Crippen molar-refractivity contribution in [2.75, 3.05) is 17.3 Å². The van der Waals surface area contributed by atoms with Gasteiger partial charge in [-0.25, -0.2) is 0 Å². The summed E-state index contributed by atoms with van der Waals surface area (Å²) >= 11 is 5.96. The quantitative estimate of drug-likeness (QED) is 0.252. The van der Waals surface area contributed by atoms with Gasteiger partial charge in [0.15, 0.2) is 5.11 Å². The van der Waals surface area contributed by atoms with Gasteiger partial charge in [0.2, 0.25) is 5.91 Å². The van der Waals surface area contributed by atoms with Gasteiger partial charge in [0.1, 0.15) is 5.75 Å². The van der Waals surface area contributed by atoms with Gasteiger partial charge in [0.05, 0.1) is 24.9 Å². The predicted molar refractivity (Wildman–Crippen MR) is 164 cm³/mol. The van der Waals surface area contributed by atoms with Crippen LogP contribution < -0.4 is 20.3 Å². The Morgan fingerprint density at radius 2 is 1.82 bits per heavy atom.